The summed E-state index contributed by atoms with van der Waals surface area (Å²) in [4.78, 5) is 17.4. The Morgan fingerprint density at radius 3 is 2.83 bits per heavy atom. The number of benzene rings is 1. The number of carbonyl (C=O) groups is 1. The van der Waals surface area contributed by atoms with Gasteiger partial charge in [-0.15, -0.1) is 0 Å². The van der Waals surface area contributed by atoms with Crippen molar-refractivity contribution >= 4 is 11.6 Å². The minimum atomic E-state index is -1.34. The first-order valence-electron chi connectivity index (χ1n) is 5.73. The summed E-state index contributed by atoms with van der Waals surface area (Å²) in [5.74, 6) is -0.308. The van der Waals surface area contributed by atoms with E-state index in [0.29, 0.717) is 11.3 Å². The fraction of sp³-hybridized carbons (Fsp3) is 0.143. The number of anilines is 1. The fourth-order valence-corrected chi connectivity index (χ4v) is 2.21. The molecule has 1 aliphatic rings. The van der Waals surface area contributed by atoms with E-state index in [1.165, 1.54) is 6.20 Å². The van der Waals surface area contributed by atoms with E-state index in [-0.39, 0.29) is 12.3 Å². The molecule has 3 rings (SSSR count). The Kier molecular flexibility index (Phi) is 2.55. The SMILES string of the molecule is O=C1c2ccccc2CC(F)N1c1cccnc1. The zero-order chi connectivity index (χ0) is 12.5. The number of rotatable bonds is 1. The van der Waals surface area contributed by atoms with Gasteiger partial charge in [0, 0.05) is 18.2 Å². The molecule has 4 heteroatoms. The lowest BCUT2D eigenvalue weighted by Crippen LogP contribution is -2.43. The van der Waals surface area contributed by atoms with Gasteiger partial charge in [0.25, 0.3) is 5.91 Å². The van der Waals surface area contributed by atoms with Crippen molar-refractivity contribution in [2.75, 3.05) is 4.90 Å². The Bertz CT molecular complexity index is 585. The van der Waals surface area contributed by atoms with Crippen LogP contribution in [0.5, 0.6) is 0 Å². The van der Waals surface area contributed by atoms with Gasteiger partial charge in [0.2, 0.25) is 0 Å². The van der Waals surface area contributed by atoms with Crippen molar-refractivity contribution in [1.29, 1.82) is 0 Å². The molecule has 2 heterocycles. The lowest BCUT2D eigenvalue weighted by molar-refractivity contribution is 0.0936. The van der Waals surface area contributed by atoms with Gasteiger partial charge in [-0.05, 0) is 23.8 Å². The van der Waals surface area contributed by atoms with Crippen molar-refractivity contribution in [3.63, 3.8) is 0 Å². The number of aromatic nitrogens is 1. The van der Waals surface area contributed by atoms with Crippen molar-refractivity contribution in [2.45, 2.75) is 12.7 Å². The van der Waals surface area contributed by atoms with E-state index in [1.807, 2.05) is 6.07 Å². The third kappa shape index (κ3) is 1.66. The highest BCUT2D eigenvalue weighted by atomic mass is 19.1. The third-order valence-electron chi connectivity index (χ3n) is 3.06. The van der Waals surface area contributed by atoms with Gasteiger partial charge >= 0.3 is 0 Å². The summed E-state index contributed by atoms with van der Waals surface area (Å²) in [5, 5.41) is 0. The highest BCUT2D eigenvalue weighted by molar-refractivity contribution is 6.08. The van der Waals surface area contributed by atoms with Gasteiger partial charge in [-0.2, -0.15) is 0 Å². The molecule has 90 valence electrons. The second-order valence-corrected chi connectivity index (χ2v) is 4.18. The number of nitrogens with zero attached hydrogens (tertiary/aromatic N) is 2. The van der Waals surface area contributed by atoms with Gasteiger partial charge in [-0.1, -0.05) is 18.2 Å². The molecule has 1 amide bonds. The van der Waals surface area contributed by atoms with Crippen LogP contribution < -0.4 is 4.90 Å². The highest BCUT2D eigenvalue weighted by Crippen LogP contribution is 2.28. The van der Waals surface area contributed by atoms with Crippen LogP contribution in [0.2, 0.25) is 0 Å². The number of halogens is 1. The van der Waals surface area contributed by atoms with Crippen LogP contribution in [0.15, 0.2) is 48.8 Å². The second kappa shape index (κ2) is 4.22. The lowest BCUT2D eigenvalue weighted by Gasteiger charge is -2.31. The predicted molar refractivity (Wildman–Crippen MR) is 66.1 cm³/mol. The molecule has 2 aromatic rings. The normalized spacial score (nSPS) is 18.6. The van der Waals surface area contributed by atoms with E-state index < -0.39 is 6.30 Å². The summed E-state index contributed by atoms with van der Waals surface area (Å²) < 4.78 is 14.1. The highest BCUT2D eigenvalue weighted by Gasteiger charge is 2.33. The predicted octanol–water partition coefficient (Wildman–Crippen LogP) is 2.58. The van der Waals surface area contributed by atoms with Crippen molar-refractivity contribution in [3.8, 4) is 0 Å². The summed E-state index contributed by atoms with van der Waals surface area (Å²) >= 11 is 0. The van der Waals surface area contributed by atoms with E-state index >= 15 is 0 Å². The van der Waals surface area contributed by atoms with E-state index in [0.717, 1.165) is 10.5 Å². The monoisotopic (exact) mass is 242 g/mol. The zero-order valence-corrected chi connectivity index (χ0v) is 9.58. The van der Waals surface area contributed by atoms with Gasteiger partial charge in [0.15, 0.2) is 6.30 Å². The molecule has 1 aromatic carbocycles. The molecule has 3 nitrogen and oxygen atoms in total. The molecular formula is C14H11FN2O. The van der Waals surface area contributed by atoms with Crippen LogP contribution in [0.4, 0.5) is 10.1 Å². The number of hydrogen-bond donors (Lipinski definition) is 0. The molecule has 0 bridgehead atoms. The Labute approximate surface area is 104 Å². The number of carbonyl (C=O) groups excluding carboxylic acids is 1. The van der Waals surface area contributed by atoms with Crippen molar-refractivity contribution < 1.29 is 9.18 Å². The van der Waals surface area contributed by atoms with Crippen LogP contribution in [-0.2, 0) is 6.42 Å². The summed E-state index contributed by atoms with van der Waals surface area (Å²) in [6.45, 7) is 0. The summed E-state index contributed by atoms with van der Waals surface area (Å²) in [6.07, 6.45) is 1.98. The molecule has 1 unspecified atom stereocenters. The first kappa shape index (κ1) is 10.9. The van der Waals surface area contributed by atoms with Gasteiger partial charge < -0.3 is 0 Å². The molecule has 0 radical (unpaired) electrons. The summed E-state index contributed by atoms with van der Waals surface area (Å²) in [5.41, 5.74) is 1.81. The van der Waals surface area contributed by atoms with Crippen LogP contribution in [0.1, 0.15) is 15.9 Å². The number of alkyl halides is 1. The van der Waals surface area contributed by atoms with Gasteiger partial charge in [-0.25, -0.2) is 4.39 Å². The average molecular weight is 242 g/mol. The van der Waals surface area contributed by atoms with Crippen molar-refractivity contribution in [2.24, 2.45) is 0 Å². The molecule has 0 spiro atoms. The van der Waals surface area contributed by atoms with E-state index in [1.54, 1.807) is 36.5 Å². The molecule has 1 aliphatic heterocycles. The smallest absolute Gasteiger partial charge is 0.260 e. The van der Waals surface area contributed by atoms with Crippen LogP contribution in [0.25, 0.3) is 0 Å². The lowest BCUT2D eigenvalue weighted by atomic mass is 9.98. The van der Waals surface area contributed by atoms with E-state index in [9.17, 15) is 9.18 Å². The summed E-state index contributed by atoms with van der Waals surface area (Å²) in [6, 6.07) is 10.5. The van der Waals surface area contributed by atoms with Crippen LogP contribution in [0.3, 0.4) is 0 Å². The fourth-order valence-electron chi connectivity index (χ4n) is 2.21. The van der Waals surface area contributed by atoms with Gasteiger partial charge in [0.05, 0.1) is 11.9 Å². The maximum atomic E-state index is 14.1. The average Bonchev–Trinajstić information content (AvgIpc) is 2.40. The maximum absolute atomic E-state index is 14.1. The number of hydrogen-bond acceptors (Lipinski definition) is 2. The summed E-state index contributed by atoms with van der Waals surface area (Å²) in [7, 11) is 0. The van der Waals surface area contributed by atoms with Crippen LogP contribution >= 0.6 is 0 Å². The minimum Gasteiger partial charge on any atom is -0.275 e. The molecule has 0 aliphatic carbocycles. The van der Waals surface area contributed by atoms with Gasteiger partial charge in [0.1, 0.15) is 0 Å². The van der Waals surface area contributed by atoms with E-state index in [2.05, 4.69) is 4.98 Å². The molecule has 0 saturated carbocycles. The Morgan fingerprint density at radius 1 is 1.22 bits per heavy atom. The molecular weight excluding hydrogens is 231 g/mol. The first-order chi connectivity index (χ1) is 8.77. The van der Waals surface area contributed by atoms with Crippen LogP contribution in [-0.4, -0.2) is 17.2 Å². The first-order valence-corrected chi connectivity index (χ1v) is 5.73. The molecule has 0 fully saturated rings. The van der Waals surface area contributed by atoms with E-state index in [4.69, 9.17) is 0 Å². The molecule has 1 aromatic heterocycles. The maximum Gasteiger partial charge on any atom is 0.260 e. The third-order valence-corrected chi connectivity index (χ3v) is 3.06. The molecule has 0 N–H and O–H groups in total. The molecule has 0 saturated heterocycles. The molecule has 1 atom stereocenters. The quantitative estimate of drug-likeness (QED) is 0.720. The standard InChI is InChI=1S/C14H11FN2O/c15-13-8-10-4-1-2-6-12(10)14(18)17(13)11-5-3-7-16-9-11/h1-7,9,13H,8H2. The largest absolute Gasteiger partial charge is 0.275 e. The Hall–Kier alpha value is -2.23. The zero-order valence-electron chi connectivity index (χ0n) is 9.58. The topological polar surface area (TPSA) is 33.2 Å². The number of fused-ring (bicyclic) bond motifs is 1. The Balaban J connectivity index is 2.06. The van der Waals surface area contributed by atoms with Gasteiger partial charge in [-0.3, -0.25) is 14.7 Å². The van der Waals surface area contributed by atoms with Crippen molar-refractivity contribution in [3.05, 3.63) is 59.9 Å². The van der Waals surface area contributed by atoms with Crippen LogP contribution in [0, 0.1) is 0 Å². The Morgan fingerprint density at radius 2 is 2.06 bits per heavy atom. The molecule has 18 heavy (non-hydrogen) atoms. The second-order valence-electron chi connectivity index (χ2n) is 4.18. The van der Waals surface area contributed by atoms with Crippen molar-refractivity contribution in [1.82, 2.24) is 4.98 Å². The minimum absolute atomic E-state index is 0.219. The number of pyridine rings is 1. The number of amides is 1.